The number of aromatic nitrogens is 1. The van der Waals surface area contributed by atoms with Crippen LogP contribution >= 0.6 is 0 Å². The fourth-order valence-electron chi connectivity index (χ4n) is 2.15. The van der Waals surface area contributed by atoms with E-state index in [9.17, 15) is 8.42 Å². The normalized spacial score (nSPS) is 11.3. The molecule has 0 aliphatic heterocycles. The molecule has 0 fully saturated rings. The maximum absolute atomic E-state index is 12.5. The van der Waals surface area contributed by atoms with Crippen LogP contribution in [0.5, 0.6) is 11.5 Å². The molecule has 0 spiro atoms. The molecule has 1 aromatic carbocycles. The zero-order chi connectivity index (χ0) is 18.0. The van der Waals surface area contributed by atoms with Gasteiger partial charge in [0, 0.05) is 12.1 Å². The summed E-state index contributed by atoms with van der Waals surface area (Å²) in [6.07, 6.45) is 0. The smallest absolute Gasteiger partial charge is 0.295 e. The molecule has 3 rings (SSSR count). The van der Waals surface area contributed by atoms with Crippen molar-refractivity contribution >= 4 is 15.7 Å². The van der Waals surface area contributed by atoms with Crippen LogP contribution < -0.4 is 14.2 Å². The molecular formula is C16H16N2O6S. The number of nitrogens with one attached hydrogen (secondary N) is 1. The van der Waals surface area contributed by atoms with Crippen LogP contribution in [0, 0.1) is 6.92 Å². The number of anilines is 1. The van der Waals surface area contributed by atoms with Gasteiger partial charge in [-0.3, -0.25) is 4.72 Å². The monoisotopic (exact) mass is 364 g/mol. The molecule has 0 amide bonds. The molecule has 0 saturated carbocycles. The summed E-state index contributed by atoms with van der Waals surface area (Å²) in [6, 6.07) is 9.22. The average Bonchev–Trinajstić information content (AvgIpc) is 3.24. The van der Waals surface area contributed by atoms with E-state index in [4.69, 9.17) is 18.4 Å². The summed E-state index contributed by atoms with van der Waals surface area (Å²) in [6.45, 7) is 1.76. The van der Waals surface area contributed by atoms with Gasteiger partial charge < -0.3 is 18.4 Å². The number of hydrogen-bond donors (Lipinski definition) is 1. The number of furan rings is 1. The van der Waals surface area contributed by atoms with Gasteiger partial charge in [-0.25, -0.2) is 0 Å². The van der Waals surface area contributed by atoms with E-state index in [1.807, 2.05) is 0 Å². The third-order valence-corrected chi connectivity index (χ3v) is 4.61. The van der Waals surface area contributed by atoms with E-state index in [0.717, 1.165) is 0 Å². The van der Waals surface area contributed by atoms with E-state index in [1.54, 1.807) is 31.2 Å². The summed E-state index contributed by atoms with van der Waals surface area (Å²) in [5.41, 5.74) is 0.925. The van der Waals surface area contributed by atoms with E-state index >= 15 is 0 Å². The lowest BCUT2D eigenvalue weighted by Gasteiger charge is -2.11. The Morgan fingerprint density at radius 2 is 1.84 bits per heavy atom. The highest BCUT2D eigenvalue weighted by molar-refractivity contribution is 7.92. The second kappa shape index (κ2) is 6.52. The summed E-state index contributed by atoms with van der Waals surface area (Å²) < 4.78 is 48.2. The lowest BCUT2D eigenvalue weighted by atomic mass is 10.3. The molecule has 0 aliphatic carbocycles. The maximum Gasteiger partial charge on any atom is 0.295 e. The fraction of sp³-hybridized carbons (Fsp3) is 0.188. The number of benzene rings is 1. The molecule has 0 bridgehead atoms. The van der Waals surface area contributed by atoms with Crippen LogP contribution in [-0.2, 0) is 10.0 Å². The Hall–Kier alpha value is -2.94. The van der Waals surface area contributed by atoms with Crippen LogP contribution in [0.4, 0.5) is 5.69 Å². The molecule has 2 heterocycles. The van der Waals surface area contributed by atoms with Gasteiger partial charge in [0.2, 0.25) is 10.9 Å². The van der Waals surface area contributed by atoms with Crippen LogP contribution in [0.1, 0.15) is 5.69 Å². The predicted molar refractivity (Wildman–Crippen MR) is 89.3 cm³/mol. The summed E-state index contributed by atoms with van der Waals surface area (Å²) in [4.78, 5) is 0. The van der Waals surface area contributed by atoms with Gasteiger partial charge in [-0.15, -0.1) is 0 Å². The molecular weight excluding hydrogens is 348 g/mol. The third kappa shape index (κ3) is 3.45. The lowest BCUT2D eigenvalue weighted by Crippen LogP contribution is -2.12. The molecule has 9 heteroatoms. The second-order valence-electron chi connectivity index (χ2n) is 5.12. The Balaban J connectivity index is 1.89. The van der Waals surface area contributed by atoms with Crippen LogP contribution in [0.25, 0.3) is 11.5 Å². The Labute approximate surface area is 144 Å². The first-order chi connectivity index (χ1) is 11.9. The molecule has 132 valence electrons. The topological polar surface area (TPSA) is 104 Å². The predicted octanol–water partition coefficient (Wildman–Crippen LogP) is 3.06. The van der Waals surface area contributed by atoms with Gasteiger partial charge in [0.15, 0.2) is 5.76 Å². The van der Waals surface area contributed by atoms with Crippen molar-refractivity contribution in [2.45, 2.75) is 12.0 Å². The quantitative estimate of drug-likeness (QED) is 0.717. The molecule has 0 unspecified atom stereocenters. The van der Waals surface area contributed by atoms with Crippen molar-refractivity contribution < 1.29 is 26.8 Å². The second-order valence-corrected chi connectivity index (χ2v) is 6.74. The number of hydrogen-bond acceptors (Lipinski definition) is 7. The highest BCUT2D eigenvalue weighted by Crippen LogP contribution is 2.32. The van der Waals surface area contributed by atoms with Gasteiger partial charge in [0.25, 0.3) is 10.0 Å². The van der Waals surface area contributed by atoms with Gasteiger partial charge in [-0.05, 0) is 31.2 Å². The van der Waals surface area contributed by atoms with Crippen LogP contribution in [-0.4, -0.2) is 27.8 Å². The van der Waals surface area contributed by atoms with E-state index in [2.05, 4.69) is 9.88 Å². The van der Waals surface area contributed by atoms with Gasteiger partial charge >= 0.3 is 0 Å². The first-order valence-electron chi connectivity index (χ1n) is 7.21. The molecule has 1 N–H and O–H groups in total. The Morgan fingerprint density at radius 1 is 1.04 bits per heavy atom. The van der Waals surface area contributed by atoms with Crippen molar-refractivity contribution in [2.75, 3.05) is 18.9 Å². The van der Waals surface area contributed by atoms with Crippen molar-refractivity contribution in [3.8, 4) is 23.0 Å². The third-order valence-electron chi connectivity index (χ3n) is 3.37. The van der Waals surface area contributed by atoms with Crippen molar-refractivity contribution in [3.63, 3.8) is 0 Å². The Bertz CT molecular complexity index is 990. The maximum atomic E-state index is 12.5. The zero-order valence-electron chi connectivity index (χ0n) is 13.8. The molecule has 2 aromatic heterocycles. The van der Waals surface area contributed by atoms with E-state index in [0.29, 0.717) is 23.0 Å². The minimum Gasteiger partial charge on any atom is -0.497 e. The highest BCUT2D eigenvalue weighted by atomic mass is 32.2. The fourth-order valence-corrected chi connectivity index (χ4v) is 3.16. The number of sulfonamides is 1. The molecule has 0 saturated heterocycles. The summed E-state index contributed by atoms with van der Waals surface area (Å²) >= 11 is 0. The molecule has 0 aliphatic rings. The highest BCUT2D eigenvalue weighted by Gasteiger charge is 2.22. The first kappa shape index (κ1) is 16.9. The van der Waals surface area contributed by atoms with E-state index < -0.39 is 10.0 Å². The average molecular weight is 364 g/mol. The zero-order valence-corrected chi connectivity index (χ0v) is 14.6. The molecule has 25 heavy (non-hydrogen) atoms. The summed E-state index contributed by atoms with van der Waals surface area (Å²) in [5.74, 6) is 1.48. The van der Waals surface area contributed by atoms with Gasteiger partial charge in [0.1, 0.15) is 11.5 Å². The van der Waals surface area contributed by atoms with Gasteiger partial charge in [-0.1, -0.05) is 5.16 Å². The summed E-state index contributed by atoms with van der Waals surface area (Å²) in [7, 11) is -1.00. The number of rotatable bonds is 6. The van der Waals surface area contributed by atoms with Crippen molar-refractivity contribution in [1.29, 1.82) is 0 Å². The number of methoxy groups -OCH3 is 2. The SMILES string of the molecule is COc1ccc(NS(=O)(=O)c2ccc(-c3cc(C)no3)o2)c(OC)c1. The number of aryl methyl sites for hydroxylation is 1. The Kier molecular flexibility index (Phi) is 4.41. The standard InChI is InChI=1S/C16H16N2O6S/c1-10-8-15(24-17-10)13-6-7-16(23-13)25(19,20)18-12-5-4-11(21-2)9-14(12)22-3/h4-9,18H,1-3H3. The molecule has 0 atom stereocenters. The van der Waals surface area contributed by atoms with Gasteiger partial charge in [0.05, 0.1) is 25.6 Å². The minimum atomic E-state index is -3.95. The largest absolute Gasteiger partial charge is 0.497 e. The van der Waals surface area contributed by atoms with Gasteiger partial charge in [-0.2, -0.15) is 8.42 Å². The summed E-state index contributed by atoms with van der Waals surface area (Å²) in [5, 5.41) is 3.49. The lowest BCUT2D eigenvalue weighted by molar-refractivity contribution is 0.395. The van der Waals surface area contributed by atoms with Crippen molar-refractivity contribution in [1.82, 2.24) is 5.16 Å². The first-order valence-corrected chi connectivity index (χ1v) is 8.69. The van der Waals surface area contributed by atoms with E-state index in [-0.39, 0.29) is 16.5 Å². The molecule has 3 aromatic rings. The number of ether oxygens (including phenoxy) is 2. The van der Waals surface area contributed by atoms with E-state index in [1.165, 1.54) is 26.4 Å². The van der Waals surface area contributed by atoms with Crippen LogP contribution in [0.2, 0.25) is 0 Å². The Morgan fingerprint density at radius 3 is 2.48 bits per heavy atom. The molecule has 8 nitrogen and oxygen atoms in total. The number of nitrogens with zero attached hydrogens (tertiary/aromatic N) is 1. The van der Waals surface area contributed by atoms with Crippen LogP contribution in [0.3, 0.4) is 0 Å². The van der Waals surface area contributed by atoms with Crippen molar-refractivity contribution in [2.24, 2.45) is 0 Å². The molecule has 0 radical (unpaired) electrons. The van der Waals surface area contributed by atoms with Crippen molar-refractivity contribution in [3.05, 3.63) is 42.1 Å². The van der Waals surface area contributed by atoms with Crippen LogP contribution in [0.15, 0.2) is 50.4 Å². The minimum absolute atomic E-state index is 0.255.